The van der Waals surface area contributed by atoms with Gasteiger partial charge in [-0.05, 0) is 55.3 Å². The molecular weight excluding hydrogens is 457 g/mol. The van der Waals surface area contributed by atoms with Gasteiger partial charge < -0.3 is 20.4 Å². The third kappa shape index (κ3) is 5.17. The number of rotatable bonds is 7. The minimum atomic E-state index is -4.86. The Bertz CT molecular complexity index is 1250. The molecule has 0 saturated heterocycles. The van der Waals surface area contributed by atoms with E-state index in [1.807, 2.05) is 0 Å². The second-order valence-corrected chi connectivity index (χ2v) is 7.55. The van der Waals surface area contributed by atoms with E-state index < -0.39 is 34.2 Å². The maximum absolute atomic E-state index is 13.7. The second-order valence-electron chi connectivity index (χ2n) is 7.55. The lowest BCUT2D eigenvalue weighted by Gasteiger charge is -2.16. The molecule has 2 aromatic carbocycles. The number of nitro groups is 1. The molecule has 1 aromatic heterocycles. The summed E-state index contributed by atoms with van der Waals surface area (Å²) in [4.78, 5) is 35.4. The predicted molar refractivity (Wildman–Crippen MR) is 116 cm³/mol. The molecule has 3 N–H and O–H groups in total. The number of furan rings is 1. The van der Waals surface area contributed by atoms with Crippen molar-refractivity contribution >= 4 is 34.6 Å². The molecule has 2 amide bonds. The summed E-state index contributed by atoms with van der Waals surface area (Å²) in [7, 11) is 0. The van der Waals surface area contributed by atoms with Crippen molar-refractivity contribution in [3.05, 3.63) is 81.8 Å². The Balaban J connectivity index is 1.57. The van der Waals surface area contributed by atoms with Crippen LogP contribution in [0.5, 0.6) is 0 Å². The van der Waals surface area contributed by atoms with E-state index in [4.69, 9.17) is 4.42 Å². The highest BCUT2D eigenvalue weighted by atomic mass is 19.4. The molecule has 0 aliphatic heterocycles. The van der Waals surface area contributed by atoms with Gasteiger partial charge in [-0.15, -0.1) is 0 Å². The van der Waals surface area contributed by atoms with Crippen molar-refractivity contribution in [2.45, 2.75) is 25.1 Å². The van der Waals surface area contributed by atoms with Gasteiger partial charge in [0.1, 0.15) is 5.69 Å². The first-order chi connectivity index (χ1) is 16.1. The van der Waals surface area contributed by atoms with Crippen molar-refractivity contribution in [3.8, 4) is 0 Å². The van der Waals surface area contributed by atoms with Crippen LogP contribution in [0.15, 0.2) is 59.2 Å². The zero-order valence-electron chi connectivity index (χ0n) is 17.3. The lowest BCUT2D eigenvalue weighted by atomic mass is 10.1. The van der Waals surface area contributed by atoms with Crippen LogP contribution in [0.1, 0.15) is 39.3 Å². The summed E-state index contributed by atoms with van der Waals surface area (Å²) in [5, 5.41) is 18.8. The summed E-state index contributed by atoms with van der Waals surface area (Å²) in [6.45, 7) is 0. The maximum Gasteiger partial charge on any atom is 0.418 e. The fraction of sp³-hybridized carbons (Fsp3) is 0.182. The molecule has 1 fully saturated rings. The third-order valence-corrected chi connectivity index (χ3v) is 4.97. The van der Waals surface area contributed by atoms with Gasteiger partial charge in [0.25, 0.3) is 17.5 Å². The highest BCUT2D eigenvalue weighted by molar-refractivity contribution is 6.06. The molecule has 34 heavy (non-hydrogen) atoms. The van der Waals surface area contributed by atoms with E-state index in [0.717, 1.165) is 25.0 Å². The van der Waals surface area contributed by atoms with Crippen molar-refractivity contribution in [1.29, 1.82) is 0 Å². The van der Waals surface area contributed by atoms with E-state index in [2.05, 4.69) is 16.0 Å². The Labute approximate surface area is 190 Å². The highest BCUT2D eigenvalue weighted by Crippen LogP contribution is 2.37. The van der Waals surface area contributed by atoms with Crippen molar-refractivity contribution in [1.82, 2.24) is 0 Å². The minimum absolute atomic E-state index is 0.0906. The molecular formula is C22H17F3N4O5. The summed E-state index contributed by atoms with van der Waals surface area (Å²) in [5.74, 6) is -1.80. The zero-order chi connectivity index (χ0) is 24.5. The quantitative estimate of drug-likeness (QED) is 0.316. The van der Waals surface area contributed by atoms with Crippen LogP contribution in [-0.4, -0.2) is 22.8 Å². The molecule has 1 aliphatic rings. The van der Waals surface area contributed by atoms with Crippen molar-refractivity contribution < 1.29 is 32.1 Å². The number of benzene rings is 2. The van der Waals surface area contributed by atoms with E-state index in [1.54, 1.807) is 0 Å². The van der Waals surface area contributed by atoms with E-state index in [-0.39, 0.29) is 34.4 Å². The first kappa shape index (κ1) is 22.8. The Morgan fingerprint density at radius 3 is 2.35 bits per heavy atom. The number of amides is 2. The number of nitrogens with zero attached hydrogens (tertiary/aromatic N) is 1. The number of halogens is 3. The van der Waals surface area contributed by atoms with Gasteiger partial charge in [0.05, 0.1) is 22.4 Å². The average molecular weight is 474 g/mol. The number of hydrogen-bond donors (Lipinski definition) is 3. The van der Waals surface area contributed by atoms with Crippen molar-refractivity contribution in [2.24, 2.45) is 0 Å². The molecule has 9 nitrogen and oxygen atoms in total. The Kier molecular flexibility index (Phi) is 5.97. The molecule has 0 bridgehead atoms. The smallest absolute Gasteiger partial charge is 0.418 e. The number of alkyl halides is 3. The largest absolute Gasteiger partial charge is 0.459 e. The molecule has 3 aromatic rings. The fourth-order valence-corrected chi connectivity index (χ4v) is 3.15. The van der Waals surface area contributed by atoms with Gasteiger partial charge in [0.15, 0.2) is 5.76 Å². The van der Waals surface area contributed by atoms with E-state index >= 15 is 0 Å². The molecule has 0 radical (unpaired) electrons. The van der Waals surface area contributed by atoms with Crippen LogP contribution in [0.3, 0.4) is 0 Å². The van der Waals surface area contributed by atoms with Crippen molar-refractivity contribution in [3.63, 3.8) is 0 Å². The van der Waals surface area contributed by atoms with Crippen LogP contribution in [0.2, 0.25) is 0 Å². The number of nitro benzene ring substituents is 1. The number of carbonyl (C=O) groups excluding carboxylic acids is 2. The van der Waals surface area contributed by atoms with Gasteiger partial charge in [-0.2, -0.15) is 13.2 Å². The maximum atomic E-state index is 13.7. The van der Waals surface area contributed by atoms with Crippen LogP contribution in [0, 0.1) is 10.1 Å². The van der Waals surface area contributed by atoms with Gasteiger partial charge in [0.2, 0.25) is 0 Å². The number of nitrogens with one attached hydrogen (secondary N) is 3. The van der Waals surface area contributed by atoms with Crippen LogP contribution in [0.25, 0.3) is 0 Å². The molecule has 4 rings (SSSR count). The SMILES string of the molecule is O=C(Nc1ccc(NC(=O)c2ccco2)cc1C(F)(F)F)c1ccc(NC2CC2)c([N+](=O)[O-])c1. The van der Waals surface area contributed by atoms with E-state index in [9.17, 15) is 32.9 Å². The van der Waals surface area contributed by atoms with Crippen LogP contribution < -0.4 is 16.0 Å². The second kappa shape index (κ2) is 8.89. The molecule has 0 atom stereocenters. The first-order valence-corrected chi connectivity index (χ1v) is 10.0. The van der Waals surface area contributed by atoms with E-state index in [0.29, 0.717) is 6.07 Å². The van der Waals surface area contributed by atoms with Crippen LogP contribution in [0.4, 0.5) is 35.9 Å². The number of anilines is 3. The predicted octanol–water partition coefficient (Wildman–Crippen LogP) is 5.29. The zero-order valence-corrected chi connectivity index (χ0v) is 17.3. The Morgan fingerprint density at radius 2 is 1.74 bits per heavy atom. The summed E-state index contributed by atoms with van der Waals surface area (Å²) in [5.41, 5.74) is -2.26. The molecule has 0 spiro atoms. The third-order valence-electron chi connectivity index (χ3n) is 4.97. The molecule has 12 heteroatoms. The summed E-state index contributed by atoms with van der Waals surface area (Å²) >= 11 is 0. The van der Waals surface area contributed by atoms with Crippen LogP contribution in [-0.2, 0) is 6.18 Å². The minimum Gasteiger partial charge on any atom is -0.459 e. The first-order valence-electron chi connectivity index (χ1n) is 10.0. The molecule has 0 unspecified atom stereocenters. The summed E-state index contributed by atoms with van der Waals surface area (Å²) in [6.07, 6.45) is -1.87. The Morgan fingerprint density at radius 1 is 1.00 bits per heavy atom. The van der Waals surface area contributed by atoms with Gasteiger partial charge in [-0.3, -0.25) is 19.7 Å². The number of hydrogen-bond acceptors (Lipinski definition) is 6. The lowest BCUT2D eigenvalue weighted by Crippen LogP contribution is -2.18. The standard InChI is InChI=1S/C22H17F3N4O5/c23-22(24,25)15-11-14(27-21(31)19-2-1-9-34-19)6-8-16(15)28-20(30)12-3-7-17(26-13-4-5-13)18(10-12)29(32)33/h1-3,6-11,13,26H,4-5H2,(H,27,31)(H,28,30). The lowest BCUT2D eigenvalue weighted by molar-refractivity contribution is -0.384. The van der Waals surface area contributed by atoms with Crippen molar-refractivity contribution in [2.75, 3.05) is 16.0 Å². The summed E-state index contributed by atoms with van der Waals surface area (Å²) in [6, 6.07) is 9.40. The average Bonchev–Trinajstić information content (AvgIpc) is 3.42. The summed E-state index contributed by atoms with van der Waals surface area (Å²) < 4.78 is 45.9. The molecule has 1 saturated carbocycles. The number of carbonyl (C=O) groups is 2. The van der Waals surface area contributed by atoms with Gasteiger partial charge >= 0.3 is 6.18 Å². The molecule has 176 valence electrons. The highest BCUT2D eigenvalue weighted by Gasteiger charge is 2.35. The Hall–Kier alpha value is -4.35. The fourth-order valence-electron chi connectivity index (χ4n) is 3.15. The monoisotopic (exact) mass is 474 g/mol. The van der Waals surface area contributed by atoms with Crippen LogP contribution >= 0.6 is 0 Å². The molecule has 1 heterocycles. The van der Waals surface area contributed by atoms with Gasteiger partial charge in [-0.1, -0.05) is 0 Å². The topological polar surface area (TPSA) is 127 Å². The van der Waals surface area contributed by atoms with Gasteiger partial charge in [0, 0.05) is 23.4 Å². The van der Waals surface area contributed by atoms with E-state index in [1.165, 1.54) is 36.6 Å². The normalized spacial score (nSPS) is 13.3. The molecule has 1 aliphatic carbocycles. The van der Waals surface area contributed by atoms with Gasteiger partial charge in [-0.25, -0.2) is 0 Å².